The van der Waals surface area contributed by atoms with Crippen LogP contribution in [0.1, 0.15) is 0 Å². The minimum Gasteiger partial charge on any atom is -0.333 e. The lowest BCUT2D eigenvalue weighted by molar-refractivity contribution is 0.117. The molecule has 0 aliphatic carbocycles. The fraction of sp³-hybridized carbons (Fsp3) is 0. The molecule has 0 fully saturated rings. The summed E-state index contributed by atoms with van der Waals surface area (Å²) >= 11 is 3.91. The van der Waals surface area contributed by atoms with Gasteiger partial charge in [-0.3, -0.25) is 4.79 Å². The van der Waals surface area contributed by atoms with Gasteiger partial charge in [0.2, 0.25) is 0 Å². The highest BCUT2D eigenvalue weighted by molar-refractivity contribution is 7.96. The third-order valence-corrected chi connectivity index (χ3v) is 0.318. The van der Waals surface area contributed by atoms with E-state index in [4.69, 9.17) is 0 Å². The number of rotatable bonds is 0. The molecule has 6 heteroatoms. The van der Waals surface area contributed by atoms with Crippen molar-refractivity contribution in [1.82, 2.24) is 5.48 Å². The van der Waals surface area contributed by atoms with Crippen molar-refractivity contribution in [2.45, 2.75) is 0 Å². The molecule has 0 spiro atoms. The Morgan fingerprint density at radius 2 is 2.12 bits per heavy atom. The number of primary amides is 1. The van der Waals surface area contributed by atoms with E-state index in [9.17, 15) is 9.59 Å². The van der Waals surface area contributed by atoms with E-state index >= 15 is 0 Å². The molecule has 0 saturated heterocycles. The quantitative estimate of drug-likeness (QED) is 0.455. The Morgan fingerprint density at radius 1 is 1.62 bits per heavy atom. The van der Waals surface area contributed by atoms with E-state index in [0.29, 0.717) is 0 Å². The van der Waals surface area contributed by atoms with Crippen LogP contribution in [0, 0.1) is 0 Å². The molecule has 0 rings (SSSR count). The largest absolute Gasteiger partial charge is 0.428 e. The third-order valence-electron chi connectivity index (χ3n) is 0.235. The Bertz CT molecular complexity index is 99.9. The lowest BCUT2D eigenvalue weighted by Crippen LogP contribution is -2.25. The Morgan fingerprint density at radius 3 is 2.25 bits per heavy atom. The molecule has 0 aromatic heterocycles. The highest BCUT2D eigenvalue weighted by Crippen LogP contribution is 1.74. The molecule has 0 bridgehead atoms. The van der Waals surface area contributed by atoms with Gasteiger partial charge in [0, 0.05) is 0 Å². The molecule has 1 radical (unpaired) electrons. The van der Waals surface area contributed by atoms with E-state index in [1.807, 2.05) is 0 Å². The Labute approximate surface area is 50.5 Å². The number of carbonyl (C=O) groups is 2. The molecule has 0 aliphatic heterocycles. The van der Waals surface area contributed by atoms with Crippen molar-refractivity contribution in [3.8, 4) is 0 Å². The molecular formula is C2H3N2O3S. The van der Waals surface area contributed by atoms with E-state index in [2.05, 4.69) is 23.2 Å². The average Bonchev–Trinajstić information content (AvgIpc) is 1.61. The fourth-order valence-electron chi connectivity index (χ4n) is 0.0920. The molecule has 3 N–H and O–H groups in total. The maximum absolute atomic E-state index is 9.72. The van der Waals surface area contributed by atoms with Crippen molar-refractivity contribution < 1.29 is 14.4 Å². The number of nitrogens with one attached hydrogen (secondary N) is 1. The number of nitrogens with two attached hydrogens (primary N) is 1. The normalized spacial score (nSPS) is 7.50. The first-order valence-corrected chi connectivity index (χ1v) is 1.97. The smallest absolute Gasteiger partial charge is 0.333 e. The van der Waals surface area contributed by atoms with Crippen LogP contribution in [0.15, 0.2) is 0 Å². The van der Waals surface area contributed by atoms with Gasteiger partial charge in [0.15, 0.2) is 0 Å². The fourth-order valence-corrected chi connectivity index (χ4v) is 0.134. The topological polar surface area (TPSA) is 81.4 Å². The first-order chi connectivity index (χ1) is 3.63. The van der Waals surface area contributed by atoms with Crippen LogP contribution in [0.3, 0.4) is 0 Å². The molecule has 0 saturated carbocycles. The van der Waals surface area contributed by atoms with Crippen molar-refractivity contribution in [2.75, 3.05) is 0 Å². The zero-order chi connectivity index (χ0) is 6.57. The Kier molecular flexibility index (Phi) is 2.63. The molecule has 0 aromatic carbocycles. The summed E-state index contributed by atoms with van der Waals surface area (Å²) < 4.78 is 0. The zero-order valence-corrected chi connectivity index (χ0v) is 4.53. The zero-order valence-electron chi connectivity index (χ0n) is 3.71. The Hall–Kier alpha value is -1.04. The second-order valence-corrected chi connectivity index (χ2v) is 1.18. The monoisotopic (exact) mass is 135 g/mol. The van der Waals surface area contributed by atoms with Crippen LogP contribution in [-0.4, -0.2) is 11.3 Å². The summed E-state index contributed by atoms with van der Waals surface area (Å²) in [5, 5.41) is -0.885. The third kappa shape index (κ3) is 4.96. The van der Waals surface area contributed by atoms with Gasteiger partial charge in [-0.15, -0.1) is 0 Å². The van der Waals surface area contributed by atoms with Crippen LogP contribution in [0.4, 0.5) is 9.59 Å². The summed E-state index contributed by atoms with van der Waals surface area (Å²) in [5.74, 6) is 0. The van der Waals surface area contributed by atoms with Crippen LogP contribution in [0.25, 0.3) is 0 Å². The molecule has 0 aliphatic rings. The second-order valence-electron chi connectivity index (χ2n) is 0.811. The maximum atomic E-state index is 9.72. The summed E-state index contributed by atoms with van der Waals surface area (Å²) in [6.07, 6.45) is -1.09. The van der Waals surface area contributed by atoms with E-state index in [0.717, 1.165) is 0 Å². The van der Waals surface area contributed by atoms with Gasteiger partial charge in [-0.2, -0.15) is 5.48 Å². The van der Waals surface area contributed by atoms with Crippen LogP contribution in [0.2, 0.25) is 0 Å². The molecule has 2 amide bonds. The van der Waals surface area contributed by atoms with Crippen LogP contribution in [-0.2, 0) is 4.84 Å². The number of hydrogen-bond acceptors (Lipinski definition) is 3. The molecule has 0 atom stereocenters. The predicted octanol–water partition coefficient (Wildman–Crippen LogP) is -0.0962. The van der Waals surface area contributed by atoms with Crippen LogP contribution in [0.5, 0.6) is 0 Å². The van der Waals surface area contributed by atoms with Gasteiger partial charge in [0.25, 0.3) is 0 Å². The minimum absolute atomic E-state index is 0.885. The van der Waals surface area contributed by atoms with Crippen molar-refractivity contribution in [1.29, 1.82) is 0 Å². The van der Waals surface area contributed by atoms with Gasteiger partial charge in [-0.25, -0.2) is 4.79 Å². The molecule has 0 aromatic rings. The number of hydrogen-bond donors (Lipinski definition) is 2. The minimum atomic E-state index is -1.09. The SMILES string of the molecule is NC(=O)ONC(=O)[S]. The molecular weight excluding hydrogens is 132 g/mol. The summed E-state index contributed by atoms with van der Waals surface area (Å²) in [5.41, 5.74) is 5.96. The standard InChI is InChI=1S/C2H3N2O3S/c3-1(5)7-4-2(6)8/h(H2,3,5)(H,4,6). The van der Waals surface area contributed by atoms with Crippen LogP contribution >= 0.6 is 12.6 Å². The predicted molar refractivity (Wildman–Crippen MR) is 26.8 cm³/mol. The molecule has 45 valence electrons. The number of hydroxylamine groups is 1. The lowest BCUT2D eigenvalue weighted by Gasteiger charge is -1.93. The lowest BCUT2D eigenvalue weighted by atomic mass is 11.3. The van der Waals surface area contributed by atoms with Crippen molar-refractivity contribution in [2.24, 2.45) is 5.73 Å². The molecule has 0 unspecified atom stereocenters. The summed E-state index contributed by atoms with van der Waals surface area (Å²) in [7, 11) is 0. The number of amides is 2. The van der Waals surface area contributed by atoms with Gasteiger partial charge >= 0.3 is 11.3 Å². The van der Waals surface area contributed by atoms with Crippen molar-refractivity contribution in [3.63, 3.8) is 0 Å². The van der Waals surface area contributed by atoms with Crippen molar-refractivity contribution in [3.05, 3.63) is 0 Å². The van der Waals surface area contributed by atoms with Gasteiger partial charge in [-0.05, 0) is 12.6 Å². The second kappa shape index (κ2) is 3.03. The summed E-state index contributed by atoms with van der Waals surface area (Å²) in [6.45, 7) is 0. The van der Waals surface area contributed by atoms with Gasteiger partial charge in [0.1, 0.15) is 0 Å². The summed E-state index contributed by atoms with van der Waals surface area (Å²) in [4.78, 5) is 23.1. The molecule has 5 nitrogen and oxygen atoms in total. The molecule has 8 heavy (non-hydrogen) atoms. The highest BCUT2D eigenvalue weighted by Gasteiger charge is 1.94. The first-order valence-electron chi connectivity index (χ1n) is 1.56. The first kappa shape index (κ1) is 6.96. The molecule has 0 heterocycles. The Balaban J connectivity index is 3.18. The highest BCUT2D eigenvalue weighted by atomic mass is 32.1. The van der Waals surface area contributed by atoms with E-state index in [1.165, 1.54) is 0 Å². The van der Waals surface area contributed by atoms with Gasteiger partial charge in [0.05, 0.1) is 0 Å². The maximum Gasteiger partial charge on any atom is 0.428 e. The van der Waals surface area contributed by atoms with Gasteiger partial charge in [-0.1, -0.05) is 0 Å². The van der Waals surface area contributed by atoms with E-state index < -0.39 is 11.3 Å². The van der Waals surface area contributed by atoms with Crippen molar-refractivity contribution >= 4 is 24.0 Å². The number of carbonyl (C=O) groups excluding carboxylic acids is 2. The average molecular weight is 135 g/mol. The van der Waals surface area contributed by atoms with Crippen LogP contribution < -0.4 is 11.2 Å². The van der Waals surface area contributed by atoms with Gasteiger partial charge < -0.3 is 10.6 Å². The van der Waals surface area contributed by atoms with E-state index in [1.54, 1.807) is 5.48 Å². The summed E-state index contributed by atoms with van der Waals surface area (Å²) in [6, 6.07) is 0. The van der Waals surface area contributed by atoms with E-state index in [-0.39, 0.29) is 0 Å².